The lowest BCUT2D eigenvalue weighted by Crippen LogP contribution is -2.32. The van der Waals surface area contributed by atoms with Crippen LogP contribution in [0.3, 0.4) is 0 Å². The van der Waals surface area contributed by atoms with Crippen molar-refractivity contribution in [1.29, 1.82) is 0 Å². The van der Waals surface area contributed by atoms with Crippen molar-refractivity contribution in [3.05, 3.63) is 23.3 Å². The molecule has 1 aliphatic heterocycles. The van der Waals surface area contributed by atoms with Gasteiger partial charge < -0.3 is 9.47 Å². The van der Waals surface area contributed by atoms with Crippen LogP contribution in [0.4, 0.5) is 0 Å². The van der Waals surface area contributed by atoms with Gasteiger partial charge in [-0.3, -0.25) is 9.59 Å². The Hall–Kier alpha value is -1.42. The van der Waals surface area contributed by atoms with Gasteiger partial charge in [0.2, 0.25) is 0 Å². The van der Waals surface area contributed by atoms with E-state index in [1.807, 2.05) is 13.8 Å². The average Bonchev–Trinajstić information content (AvgIpc) is 3.08. The van der Waals surface area contributed by atoms with E-state index in [-0.39, 0.29) is 40.9 Å². The minimum Gasteiger partial charge on any atom is -0.458 e. The van der Waals surface area contributed by atoms with Crippen molar-refractivity contribution in [3.8, 4) is 0 Å². The highest BCUT2D eigenvalue weighted by molar-refractivity contribution is 5.99. The summed E-state index contributed by atoms with van der Waals surface area (Å²) in [5, 5.41) is 0. The van der Waals surface area contributed by atoms with Crippen LogP contribution >= 0.6 is 0 Å². The molecule has 2 saturated carbocycles. The van der Waals surface area contributed by atoms with Crippen molar-refractivity contribution < 1.29 is 19.1 Å². The SMILES string of the molecule is C=C1CC[C@@H]2O[C@@]2(C)CC[C@H]2C(=C(C)C)C(=O)C[C@]2(C)C[C@@H]1OC(C)=O. The summed E-state index contributed by atoms with van der Waals surface area (Å²) >= 11 is 0. The minimum absolute atomic E-state index is 0.0825. The smallest absolute Gasteiger partial charge is 0.303 e. The molecule has 4 heteroatoms. The van der Waals surface area contributed by atoms with Crippen LogP contribution in [0.1, 0.15) is 73.1 Å². The molecular formula is C22H32O4. The second-order valence-corrected chi connectivity index (χ2v) is 9.18. The van der Waals surface area contributed by atoms with E-state index in [9.17, 15) is 9.59 Å². The maximum Gasteiger partial charge on any atom is 0.303 e. The number of ether oxygens (including phenoxy) is 2. The highest BCUT2D eigenvalue weighted by Gasteiger charge is 2.55. The Bertz CT molecular complexity index is 672. The van der Waals surface area contributed by atoms with Gasteiger partial charge in [0.1, 0.15) is 6.10 Å². The van der Waals surface area contributed by atoms with E-state index in [1.165, 1.54) is 6.92 Å². The quantitative estimate of drug-likeness (QED) is 0.298. The molecule has 1 heterocycles. The average molecular weight is 360 g/mol. The molecule has 0 N–H and O–H groups in total. The number of allylic oxidation sites excluding steroid dienone is 2. The van der Waals surface area contributed by atoms with E-state index < -0.39 is 0 Å². The van der Waals surface area contributed by atoms with Gasteiger partial charge in [0.05, 0.1) is 11.7 Å². The Morgan fingerprint density at radius 2 is 1.92 bits per heavy atom. The number of epoxide rings is 1. The number of rotatable bonds is 1. The van der Waals surface area contributed by atoms with Gasteiger partial charge in [-0.05, 0) is 75.4 Å². The molecule has 0 amide bonds. The Kier molecular flexibility index (Phi) is 4.93. The second kappa shape index (κ2) is 6.63. The molecule has 3 aliphatic rings. The molecule has 5 atom stereocenters. The number of carbonyl (C=O) groups excluding carboxylic acids is 2. The van der Waals surface area contributed by atoms with Crippen LogP contribution in [0, 0.1) is 11.3 Å². The van der Waals surface area contributed by atoms with E-state index in [0.29, 0.717) is 12.8 Å². The summed E-state index contributed by atoms with van der Waals surface area (Å²) in [6.07, 6.45) is 4.72. The van der Waals surface area contributed by atoms with E-state index in [2.05, 4.69) is 20.4 Å². The van der Waals surface area contributed by atoms with Gasteiger partial charge in [0.25, 0.3) is 0 Å². The summed E-state index contributed by atoms with van der Waals surface area (Å²) in [6.45, 7) is 14.1. The third-order valence-electron chi connectivity index (χ3n) is 6.70. The molecule has 4 nitrogen and oxygen atoms in total. The third-order valence-corrected chi connectivity index (χ3v) is 6.70. The molecule has 0 aromatic carbocycles. The summed E-state index contributed by atoms with van der Waals surface area (Å²) in [7, 11) is 0. The van der Waals surface area contributed by atoms with Crippen LogP contribution in [0.15, 0.2) is 23.3 Å². The molecule has 3 fully saturated rings. The topological polar surface area (TPSA) is 55.9 Å². The molecule has 0 spiro atoms. The van der Waals surface area contributed by atoms with Gasteiger partial charge >= 0.3 is 5.97 Å². The minimum atomic E-state index is -0.326. The molecule has 0 radical (unpaired) electrons. The Labute approximate surface area is 157 Å². The lowest BCUT2D eigenvalue weighted by atomic mass is 9.71. The first kappa shape index (κ1) is 19.3. The highest BCUT2D eigenvalue weighted by atomic mass is 16.6. The summed E-state index contributed by atoms with van der Waals surface area (Å²) in [5.74, 6) is 0.149. The zero-order chi connectivity index (χ0) is 19.3. The van der Waals surface area contributed by atoms with Crippen LogP contribution in [0.5, 0.6) is 0 Å². The van der Waals surface area contributed by atoms with Gasteiger partial charge in [-0.15, -0.1) is 0 Å². The number of hydrogen-bond acceptors (Lipinski definition) is 4. The molecule has 3 rings (SSSR count). The Balaban J connectivity index is 1.97. The van der Waals surface area contributed by atoms with Crippen molar-refractivity contribution in [2.45, 2.75) is 91.0 Å². The Morgan fingerprint density at radius 3 is 2.54 bits per heavy atom. The number of ketones is 1. The van der Waals surface area contributed by atoms with Gasteiger partial charge in [-0.1, -0.05) is 19.1 Å². The first-order valence-corrected chi connectivity index (χ1v) is 9.79. The van der Waals surface area contributed by atoms with Gasteiger partial charge in [-0.25, -0.2) is 0 Å². The maximum atomic E-state index is 12.8. The molecule has 0 bridgehead atoms. The molecule has 0 aromatic rings. The first-order valence-electron chi connectivity index (χ1n) is 9.79. The van der Waals surface area contributed by atoms with Gasteiger partial charge in [0.15, 0.2) is 5.78 Å². The number of carbonyl (C=O) groups is 2. The van der Waals surface area contributed by atoms with E-state index in [0.717, 1.165) is 42.4 Å². The fourth-order valence-electron chi connectivity index (χ4n) is 5.14. The normalized spacial score (nSPS) is 40.3. The standard InChI is InChI=1S/C22H32O4/c1-13(2)20-16-9-10-22(6)19(26-22)8-7-14(3)18(25-15(4)23)12-21(16,5)11-17(20)24/h16,18-19H,3,7-12H2,1-2,4-6H3/t16-,18-,19-,21+,22-/m0/s1. The lowest BCUT2D eigenvalue weighted by molar-refractivity contribution is -0.146. The maximum absolute atomic E-state index is 12.8. The molecular weight excluding hydrogens is 328 g/mol. The van der Waals surface area contributed by atoms with Crippen molar-refractivity contribution in [2.75, 3.05) is 0 Å². The Morgan fingerprint density at radius 1 is 1.23 bits per heavy atom. The van der Waals surface area contributed by atoms with Crippen molar-refractivity contribution in [3.63, 3.8) is 0 Å². The third kappa shape index (κ3) is 3.53. The molecule has 2 aliphatic carbocycles. The van der Waals surface area contributed by atoms with Crippen molar-refractivity contribution >= 4 is 11.8 Å². The van der Waals surface area contributed by atoms with Crippen LogP contribution in [0.25, 0.3) is 0 Å². The fourth-order valence-corrected chi connectivity index (χ4v) is 5.14. The van der Waals surface area contributed by atoms with Crippen LogP contribution < -0.4 is 0 Å². The summed E-state index contributed by atoms with van der Waals surface area (Å²) in [5.41, 5.74) is 2.75. The molecule has 1 saturated heterocycles. The van der Waals surface area contributed by atoms with Crippen molar-refractivity contribution in [2.24, 2.45) is 11.3 Å². The lowest BCUT2D eigenvalue weighted by Gasteiger charge is -2.35. The monoisotopic (exact) mass is 360 g/mol. The van der Waals surface area contributed by atoms with Crippen LogP contribution in [0.2, 0.25) is 0 Å². The van der Waals surface area contributed by atoms with Gasteiger partial charge in [-0.2, -0.15) is 0 Å². The van der Waals surface area contributed by atoms with E-state index >= 15 is 0 Å². The number of esters is 1. The van der Waals surface area contributed by atoms with E-state index in [4.69, 9.17) is 9.47 Å². The zero-order valence-corrected chi connectivity index (χ0v) is 16.8. The van der Waals surface area contributed by atoms with Crippen LogP contribution in [-0.2, 0) is 19.1 Å². The predicted octanol–water partition coefficient (Wildman–Crippen LogP) is 4.53. The predicted molar refractivity (Wildman–Crippen MR) is 101 cm³/mol. The molecule has 144 valence electrons. The van der Waals surface area contributed by atoms with E-state index in [1.54, 1.807) is 0 Å². The number of fused-ring (bicyclic) bond motifs is 2. The summed E-state index contributed by atoms with van der Waals surface area (Å²) in [6, 6.07) is 0. The zero-order valence-electron chi connectivity index (χ0n) is 16.8. The van der Waals surface area contributed by atoms with Crippen LogP contribution in [-0.4, -0.2) is 29.6 Å². The largest absolute Gasteiger partial charge is 0.458 e. The summed E-state index contributed by atoms with van der Waals surface area (Å²) < 4.78 is 11.6. The molecule has 0 aromatic heterocycles. The second-order valence-electron chi connectivity index (χ2n) is 9.18. The first-order chi connectivity index (χ1) is 12.1. The molecule has 26 heavy (non-hydrogen) atoms. The number of hydrogen-bond donors (Lipinski definition) is 0. The number of Topliss-reactive ketones (excluding diaryl/α,β-unsaturated/α-hetero) is 1. The fraction of sp³-hybridized carbons (Fsp3) is 0.727. The summed E-state index contributed by atoms with van der Waals surface area (Å²) in [4.78, 5) is 24.5. The highest BCUT2D eigenvalue weighted by Crippen LogP contribution is 2.54. The van der Waals surface area contributed by atoms with Crippen molar-refractivity contribution in [1.82, 2.24) is 0 Å². The molecule has 0 unspecified atom stereocenters. The van der Waals surface area contributed by atoms with Gasteiger partial charge in [0, 0.05) is 13.3 Å².